The van der Waals surface area contributed by atoms with Crippen molar-refractivity contribution in [3.63, 3.8) is 0 Å². The molecule has 0 saturated carbocycles. The number of rotatable bonds is 4. The first kappa shape index (κ1) is 12.6. The summed E-state index contributed by atoms with van der Waals surface area (Å²) in [6, 6.07) is 7.35. The van der Waals surface area contributed by atoms with Gasteiger partial charge in [0.2, 0.25) is 0 Å². The summed E-state index contributed by atoms with van der Waals surface area (Å²) in [5.74, 6) is 0.451. The lowest BCUT2D eigenvalue weighted by molar-refractivity contribution is 0.102. The predicted molar refractivity (Wildman–Crippen MR) is 72.4 cm³/mol. The van der Waals surface area contributed by atoms with Crippen LogP contribution in [0.2, 0.25) is 0 Å². The van der Waals surface area contributed by atoms with Crippen LogP contribution in [-0.2, 0) is 0 Å². The quantitative estimate of drug-likeness (QED) is 0.921. The number of carbonyl (C=O) groups excluding carboxylic acids is 1. The van der Waals surface area contributed by atoms with Crippen LogP contribution >= 0.6 is 11.3 Å². The van der Waals surface area contributed by atoms with Crippen LogP contribution in [0, 0.1) is 6.92 Å². The molecular weight excluding hydrogens is 248 g/mol. The van der Waals surface area contributed by atoms with Crippen molar-refractivity contribution in [1.29, 1.82) is 0 Å². The highest BCUT2D eigenvalue weighted by Crippen LogP contribution is 2.24. The molecule has 1 amide bonds. The minimum atomic E-state index is -0.216. The number of anilines is 1. The van der Waals surface area contributed by atoms with E-state index in [0.29, 0.717) is 23.7 Å². The van der Waals surface area contributed by atoms with Gasteiger partial charge in [0.1, 0.15) is 11.4 Å². The van der Waals surface area contributed by atoms with Gasteiger partial charge in [-0.2, -0.15) is 0 Å². The fraction of sp³-hybridized carbons (Fsp3) is 0.231. The lowest BCUT2D eigenvalue weighted by atomic mass is 10.3. The molecule has 0 aliphatic rings. The van der Waals surface area contributed by atoms with Crippen LogP contribution < -0.4 is 10.1 Å². The SMILES string of the molecule is CCOc1ccccc1NC(=O)c1csc(C)n1. The molecule has 0 radical (unpaired) electrons. The van der Waals surface area contributed by atoms with Gasteiger partial charge < -0.3 is 10.1 Å². The van der Waals surface area contributed by atoms with E-state index in [0.717, 1.165) is 5.01 Å². The second-order valence-electron chi connectivity index (χ2n) is 3.64. The molecule has 18 heavy (non-hydrogen) atoms. The van der Waals surface area contributed by atoms with Crippen molar-refractivity contribution >= 4 is 22.9 Å². The molecule has 1 aromatic carbocycles. The maximum Gasteiger partial charge on any atom is 0.275 e. The number of amides is 1. The number of aromatic nitrogens is 1. The van der Waals surface area contributed by atoms with Gasteiger partial charge in [0.05, 0.1) is 17.3 Å². The zero-order chi connectivity index (χ0) is 13.0. The molecule has 94 valence electrons. The van der Waals surface area contributed by atoms with Gasteiger partial charge in [-0.05, 0) is 26.0 Å². The standard InChI is InChI=1S/C13H14N2O2S/c1-3-17-12-7-5-4-6-10(12)15-13(16)11-8-18-9(2)14-11/h4-8H,3H2,1-2H3,(H,15,16). The maximum atomic E-state index is 12.0. The van der Waals surface area contributed by atoms with Crippen LogP contribution in [0.25, 0.3) is 0 Å². The van der Waals surface area contributed by atoms with Gasteiger partial charge in [-0.1, -0.05) is 12.1 Å². The predicted octanol–water partition coefficient (Wildman–Crippen LogP) is 3.10. The number of benzene rings is 1. The van der Waals surface area contributed by atoms with Crippen LogP contribution in [0.5, 0.6) is 5.75 Å². The molecule has 0 saturated heterocycles. The van der Waals surface area contributed by atoms with E-state index < -0.39 is 0 Å². The molecule has 0 unspecified atom stereocenters. The lowest BCUT2D eigenvalue weighted by Gasteiger charge is -2.10. The fourth-order valence-electron chi connectivity index (χ4n) is 1.51. The van der Waals surface area contributed by atoms with Crippen molar-refractivity contribution in [3.05, 3.63) is 40.3 Å². The Kier molecular flexibility index (Phi) is 3.94. The van der Waals surface area contributed by atoms with Crippen LogP contribution in [0.1, 0.15) is 22.4 Å². The van der Waals surface area contributed by atoms with Crippen LogP contribution in [0.15, 0.2) is 29.6 Å². The van der Waals surface area contributed by atoms with Gasteiger partial charge in [-0.25, -0.2) is 4.98 Å². The van der Waals surface area contributed by atoms with E-state index in [2.05, 4.69) is 10.3 Å². The molecule has 2 aromatic rings. The molecule has 0 bridgehead atoms. The first-order chi connectivity index (χ1) is 8.70. The van der Waals surface area contributed by atoms with E-state index in [1.807, 2.05) is 38.1 Å². The number of carbonyl (C=O) groups is 1. The van der Waals surface area contributed by atoms with Crippen molar-refractivity contribution < 1.29 is 9.53 Å². The van der Waals surface area contributed by atoms with Gasteiger partial charge in [0, 0.05) is 5.38 Å². The average molecular weight is 262 g/mol. The van der Waals surface area contributed by atoms with Crippen molar-refractivity contribution in [3.8, 4) is 5.75 Å². The second kappa shape index (κ2) is 5.64. The van der Waals surface area contributed by atoms with Crippen molar-refractivity contribution in [2.45, 2.75) is 13.8 Å². The molecule has 1 N–H and O–H groups in total. The Morgan fingerprint density at radius 2 is 2.22 bits per heavy atom. The summed E-state index contributed by atoms with van der Waals surface area (Å²) >= 11 is 1.45. The molecule has 1 aromatic heterocycles. The largest absolute Gasteiger partial charge is 0.492 e. The number of hydrogen-bond donors (Lipinski definition) is 1. The zero-order valence-electron chi connectivity index (χ0n) is 10.3. The number of hydrogen-bond acceptors (Lipinski definition) is 4. The smallest absolute Gasteiger partial charge is 0.275 e. The number of nitrogens with one attached hydrogen (secondary N) is 1. The monoisotopic (exact) mass is 262 g/mol. The minimum absolute atomic E-state index is 0.216. The molecule has 2 rings (SSSR count). The third-order valence-corrected chi connectivity index (χ3v) is 3.06. The summed E-state index contributed by atoms with van der Waals surface area (Å²) in [7, 11) is 0. The van der Waals surface area contributed by atoms with Crippen LogP contribution in [0.4, 0.5) is 5.69 Å². The third kappa shape index (κ3) is 2.87. The minimum Gasteiger partial charge on any atom is -0.492 e. The maximum absolute atomic E-state index is 12.0. The van der Waals surface area contributed by atoms with Gasteiger partial charge in [0.15, 0.2) is 0 Å². The molecule has 0 aliphatic heterocycles. The van der Waals surface area contributed by atoms with Crippen LogP contribution in [0.3, 0.4) is 0 Å². The Balaban J connectivity index is 2.16. The number of thiazole rings is 1. The molecule has 0 fully saturated rings. The molecular formula is C13H14N2O2S. The van der Waals surface area contributed by atoms with E-state index in [-0.39, 0.29) is 5.91 Å². The Hall–Kier alpha value is -1.88. The van der Waals surface area contributed by atoms with Gasteiger partial charge in [-0.3, -0.25) is 4.79 Å². The fourth-order valence-corrected chi connectivity index (χ4v) is 2.10. The van der Waals surface area contributed by atoms with Crippen molar-refractivity contribution in [2.75, 3.05) is 11.9 Å². The Labute approximate surface area is 110 Å². The third-order valence-electron chi connectivity index (χ3n) is 2.29. The summed E-state index contributed by atoms with van der Waals surface area (Å²) < 4.78 is 5.45. The number of para-hydroxylation sites is 2. The molecule has 4 nitrogen and oxygen atoms in total. The van der Waals surface area contributed by atoms with E-state index in [1.165, 1.54) is 11.3 Å². The summed E-state index contributed by atoms with van der Waals surface area (Å²) in [5.41, 5.74) is 1.10. The van der Waals surface area contributed by atoms with Gasteiger partial charge >= 0.3 is 0 Å². The summed E-state index contributed by atoms with van der Waals surface area (Å²) in [4.78, 5) is 16.1. The highest BCUT2D eigenvalue weighted by atomic mass is 32.1. The molecule has 0 aliphatic carbocycles. The lowest BCUT2D eigenvalue weighted by Crippen LogP contribution is -2.13. The van der Waals surface area contributed by atoms with Crippen molar-refractivity contribution in [2.24, 2.45) is 0 Å². The highest BCUT2D eigenvalue weighted by Gasteiger charge is 2.11. The first-order valence-corrected chi connectivity index (χ1v) is 6.54. The van der Waals surface area contributed by atoms with E-state index in [4.69, 9.17) is 4.74 Å². The second-order valence-corrected chi connectivity index (χ2v) is 4.70. The number of aryl methyl sites for hydroxylation is 1. The van der Waals surface area contributed by atoms with Gasteiger partial charge in [0.25, 0.3) is 5.91 Å². The Morgan fingerprint density at radius 1 is 1.44 bits per heavy atom. The summed E-state index contributed by atoms with van der Waals surface area (Å²) in [6.07, 6.45) is 0. The molecule has 0 atom stereocenters. The number of ether oxygens (including phenoxy) is 1. The van der Waals surface area contributed by atoms with Crippen LogP contribution in [-0.4, -0.2) is 17.5 Å². The zero-order valence-corrected chi connectivity index (χ0v) is 11.1. The highest BCUT2D eigenvalue weighted by molar-refractivity contribution is 7.09. The van der Waals surface area contributed by atoms with E-state index in [9.17, 15) is 4.79 Å². The Morgan fingerprint density at radius 3 is 2.89 bits per heavy atom. The topological polar surface area (TPSA) is 51.2 Å². The summed E-state index contributed by atoms with van der Waals surface area (Å²) in [5, 5.41) is 5.42. The molecule has 5 heteroatoms. The van der Waals surface area contributed by atoms with Crippen molar-refractivity contribution in [1.82, 2.24) is 4.98 Å². The summed E-state index contributed by atoms with van der Waals surface area (Å²) in [6.45, 7) is 4.33. The first-order valence-electron chi connectivity index (χ1n) is 5.66. The Bertz CT molecular complexity index is 551. The molecule has 0 spiro atoms. The van der Waals surface area contributed by atoms with E-state index in [1.54, 1.807) is 5.38 Å². The normalized spacial score (nSPS) is 10.1. The number of nitrogens with zero attached hydrogens (tertiary/aromatic N) is 1. The van der Waals surface area contributed by atoms with E-state index >= 15 is 0 Å². The average Bonchev–Trinajstić information content (AvgIpc) is 2.79. The molecule has 1 heterocycles. The van der Waals surface area contributed by atoms with Gasteiger partial charge in [-0.15, -0.1) is 11.3 Å².